The Kier molecular flexibility index (Phi) is 6.00. The number of hydrazone groups is 1. The molecule has 3 aromatic rings. The third-order valence-electron chi connectivity index (χ3n) is 5.40. The van der Waals surface area contributed by atoms with Crippen molar-refractivity contribution in [3.05, 3.63) is 76.4 Å². The molecule has 0 aliphatic carbocycles. The average molecular weight is 436 g/mol. The molecule has 158 valence electrons. The van der Waals surface area contributed by atoms with E-state index < -0.39 is 12.0 Å². The van der Waals surface area contributed by atoms with Gasteiger partial charge in [-0.3, -0.25) is 9.59 Å². The summed E-state index contributed by atoms with van der Waals surface area (Å²) < 4.78 is 0. The van der Waals surface area contributed by atoms with Crippen LogP contribution in [0.1, 0.15) is 48.4 Å². The Morgan fingerprint density at radius 3 is 2.61 bits per heavy atom. The van der Waals surface area contributed by atoms with Crippen LogP contribution in [0.25, 0.3) is 10.9 Å². The van der Waals surface area contributed by atoms with Crippen LogP contribution in [0.15, 0.2) is 59.7 Å². The van der Waals surface area contributed by atoms with Gasteiger partial charge in [-0.25, -0.2) is 9.99 Å². The Hall–Kier alpha value is -3.25. The molecule has 0 radical (unpaired) electrons. The van der Waals surface area contributed by atoms with Gasteiger partial charge in [0.05, 0.1) is 17.3 Å². The topological polar surface area (TPSA) is 82.9 Å². The molecule has 1 aromatic heterocycles. The van der Waals surface area contributed by atoms with Gasteiger partial charge in [0.15, 0.2) is 0 Å². The molecule has 4 rings (SSSR count). The Morgan fingerprint density at radius 1 is 1.13 bits per heavy atom. The number of hydrogen-bond acceptors (Lipinski definition) is 4. The molecule has 2 heterocycles. The zero-order valence-corrected chi connectivity index (χ0v) is 17.8. The first-order valence-electron chi connectivity index (χ1n) is 10.2. The van der Waals surface area contributed by atoms with Crippen molar-refractivity contribution in [2.24, 2.45) is 5.10 Å². The maximum absolute atomic E-state index is 13.0. The number of fused-ring (bicyclic) bond motifs is 1. The number of halogens is 1. The third kappa shape index (κ3) is 4.59. The van der Waals surface area contributed by atoms with E-state index in [9.17, 15) is 9.59 Å². The summed E-state index contributed by atoms with van der Waals surface area (Å²) in [4.78, 5) is 28.3. The molecule has 6 nitrogen and oxygen atoms in total. The summed E-state index contributed by atoms with van der Waals surface area (Å²) in [6, 6.07) is 17.2. The predicted octanol–water partition coefficient (Wildman–Crippen LogP) is 5.13. The number of carbonyl (C=O) groups excluding carboxylic acids is 1. The molecule has 0 unspecified atom stereocenters. The van der Waals surface area contributed by atoms with Gasteiger partial charge in [0.1, 0.15) is 5.15 Å². The highest BCUT2D eigenvalue weighted by Gasteiger charge is 2.34. The molecular weight excluding hydrogens is 414 g/mol. The van der Waals surface area contributed by atoms with Crippen LogP contribution in [0.4, 0.5) is 0 Å². The number of aromatic nitrogens is 1. The van der Waals surface area contributed by atoms with Crippen LogP contribution in [0.3, 0.4) is 0 Å². The predicted molar refractivity (Wildman–Crippen MR) is 120 cm³/mol. The van der Waals surface area contributed by atoms with Gasteiger partial charge in [-0.15, -0.1) is 0 Å². The molecule has 1 aliphatic heterocycles. The number of carboxylic acid groups (broad SMARTS) is 1. The third-order valence-corrected chi connectivity index (χ3v) is 5.70. The zero-order chi connectivity index (χ0) is 22.0. The number of nitrogens with zero attached hydrogens (tertiary/aromatic N) is 3. The monoisotopic (exact) mass is 435 g/mol. The highest BCUT2D eigenvalue weighted by molar-refractivity contribution is 6.30. The highest BCUT2D eigenvalue weighted by atomic mass is 35.5. The van der Waals surface area contributed by atoms with Crippen LogP contribution in [-0.2, 0) is 9.59 Å². The minimum Gasteiger partial charge on any atom is -0.481 e. The van der Waals surface area contributed by atoms with Gasteiger partial charge in [0, 0.05) is 30.2 Å². The summed E-state index contributed by atoms with van der Waals surface area (Å²) in [5.41, 5.74) is 4.40. The van der Waals surface area contributed by atoms with Crippen molar-refractivity contribution in [1.82, 2.24) is 9.99 Å². The number of aliphatic carboxylic acids is 1. The van der Waals surface area contributed by atoms with E-state index in [0.29, 0.717) is 11.6 Å². The molecule has 1 aliphatic rings. The van der Waals surface area contributed by atoms with Crippen LogP contribution >= 0.6 is 11.6 Å². The number of amides is 1. The van der Waals surface area contributed by atoms with Crippen molar-refractivity contribution < 1.29 is 14.7 Å². The SMILES string of the molecule is Cc1ccc(C2=NN(C(=O)CCCC(=O)O)[C@@H](c3cc4ccccc4nc3Cl)C2)cc1. The number of carboxylic acids is 1. The molecule has 0 spiro atoms. The Bertz CT molecular complexity index is 1170. The van der Waals surface area contributed by atoms with Crippen LogP contribution < -0.4 is 0 Å². The molecule has 0 saturated carbocycles. The molecular formula is C24H22ClN3O3. The van der Waals surface area contributed by atoms with Crippen LogP contribution in [-0.4, -0.2) is 32.7 Å². The minimum atomic E-state index is -0.920. The standard InChI is InChI=1S/C24H22ClN3O3/c1-15-9-11-16(12-10-15)20-14-21(28(27-20)22(29)7-4-8-23(30)31)18-13-17-5-2-3-6-19(17)26-24(18)25/h2-3,5-6,9-13,21H,4,7-8,14H2,1H3,(H,30,31)/t21-/m1/s1. The lowest BCUT2D eigenvalue weighted by Gasteiger charge is -2.23. The van der Waals surface area contributed by atoms with Crippen molar-refractivity contribution in [3.63, 3.8) is 0 Å². The fourth-order valence-corrected chi connectivity index (χ4v) is 4.02. The molecule has 31 heavy (non-hydrogen) atoms. The zero-order valence-electron chi connectivity index (χ0n) is 17.1. The van der Waals surface area contributed by atoms with Crippen molar-refractivity contribution in [2.45, 2.75) is 38.6 Å². The van der Waals surface area contributed by atoms with E-state index in [4.69, 9.17) is 16.7 Å². The molecule has 1 amide bonds. The lowest BCUT2D eigenvalue weighted by molar-refractivity contribution is -0.137. The number of aryl methyl sites for hydroxylation is 1. The summed E-state index contributed by atoms with van der Waals surface area (Å²) in [6.07, 6.45) is 0.813. The molecule has 2 aromatic carbocycles. The van der Waals surface area contributed by atoms with E-state index in [1.807, 2.05) is 61.5 Å². The van der Waals surface area contributed by atoms with Gasteiger partial charge in [-0.1, -0.05) is 59.6 Å². The largest absolute Gasteiger partial charge is 0.481 e. The van der Waals surface area contributed by atoms with E-state index >= 15 is 0 Å². The van der Waals surface area contributed by atoms with E-state index in [1.165, 1.54) is 5.01 Å². The van der Waals surface area contributed by atoms with E-state index in [2.05, 4.69) is 10.1 Å². The first kappa shape index (κ1) is 21.0. The molecule has 7 heteroatoms. The molecule has 0 saturated heterocycles. The lowest BCUT2D eigenvalue weighted by Crippen LogP contribution is -2.27. The van der Waals surface area contributed by atoms with Crippen molar-refractivity contribution in [3.8, 4) is 0 Å². The van der Waals surface area contributed by atoms with E-state index in [-0.39, 0.29) is 25.2 Å². The Morgan fingerprint density at radius 2 is 1.87 bits per heavy atom. The molecule has 0 bridgehead atoms. The van der Waals surface area contributed by atoms with E-state index in [1.54, 1.807) is 0 Å². The Balaban J connectivity index is 1.69. The van der Waals surface area contributed by atoms with E-state index in [0.717, 1.165) is 33.3 Å². The highest BCUT2D eigenvalue weighted by Crippen LogP contribution is 2.37. The van der Waals surface area contributed by atoms with Crippen LogP contribution in [0.2, 0.25) is 5.15 Å². The van der Waals surface area contributed by atoms with Crippen molar-refractivity contribution in [2.75, 3.05) is 0 Å². The smallest absolute Gasteiger partial charge is 0.303 e. The van der Waals surface area contributed by atoms with Gasteiger partial charge in [-0.05, 0) is 31.0 Å². The van der Waals surface area contributed by atoms with Gasteiger partial charge in [0.2, 0.25) is 5.91 Å². The normalized spacial score (nSPS) is 15.9. The van der Waals surface area contributed by atoms with Gasteiger partial charge in [-0.2, -0.15) is 5.10 Å². The average Bonchev–Trinajstić information content (AvgIpc) is 3.18. The molecule has 1 N–H and O–H groups in total. The fraction of sp³-hybridized carbons (Fsp3) is 0.250. The number of para-hydroxylation sites is 1. The summed E-state index contributed by atoms with van der Waals surface area (Å²) in [6.45, 7) is 2.02. The second-order valence-electron chi connectivity index (χ2n) is 7.68. The number of rotatable bonds is 6. The van der Waals surface area contributed by atoms with Gasteiger partial charge < -0.3 is 5.11 Å². The lowest BCUT2D eigenvalue weighted by atomic mass is 9.97. The maximum atomic E-state index is 13.0. The number of benzene rings is 2. The second kappa shape index (κ2) is 8.86. The fourth-order valence-electron chi connectivity index (χ4n) is 3.75. The first-order chi connectivity index (χ1) is 14.9. The van der Waals surface area contributed by atoms with Crippen LogP contribution in [0, 0.1) is 6.92 Å². The summed E-state index contributed by atoms with van der Waals surface area (Å²) in [5.74, 6) is -1.14. The van der Waals surface area contributed by atoms with Crippen LogP contribution in [0.5, 0.6) is 0 Å². The maximum Gasteiger partial charge on any atom is 0.303 e. The first-order valence-corrected chi connectivity index (χ1v) is 10.5. The number of pyridine rings is 1. The minimum absolute atomic E-state index is 0.0585. The molecule has 0 fully saturated rings. The summed E-state index contributed by atoms with van der Waals surface area (Å²) >= 11 is 6.54. The molecule has 1 atom stereocenters. The summed E-state index contributed by atoms with van der Waals surface area (Å²) in [7, 11) is 0. The Labute approximate surface area is 185 Å². The van der Waals surface area contributed by atoms with Crippen molar-refractivity contribution in [1.29, 1.82) is 0 Å². The van der Waals surface area contributed by atoms with Crippen molar-refractivity contribution >= 4 is 40.1 Å². The van der Waals surface area contributed by atoms with Gasteiger partial charge in [0.25, 0.3) is 0 Å². The second-order valence-corrected chi connectivity index (χ2v) is 8.04. The number of carbonyl (C=O) groups is 2. The number of hydrogen-bond donors (Lipinski definition) is 1. The quantitative estimate of drug-likeness (QED) is 0.544. The van der Waals surface area contributed by atoms with Gasteiger partial charge >= 0.3 is 5.97 Å². The summed E-state index contributed by atoms with van der Waals surface area (Å²) in [5, 5.41) is 16.3.